The summed E-state index contributed by atoms with van der Waals surface area (Å²) in [5.41, 5.74) is 2.17. The predicted molar refractivity (Wildman–Crippen MR) is 74.9 cm³/mol. The van der Waals surface area contributed by atoms with Gasteiger partial charge in [0.25, 0.3) is 0 Å². The van der Waals surface area contributed by atoms with E-state index < -0.39 is 0 Å². The fourth-order valence-electron chi connectivity index (χ4n) is 2.45. The molecule has 4 heteroatoms. The van der Waals surface area contributed by atoms with Gasteiger partial charge in [0.1, 0.15) is 0 Å². The van der Waals surface area contributed by atoms with Gasteiger partial charge in [-0.3, -0.25) is 0 Å². The largest absolute Gasteiger partial charge is 0.454 e. The summed E-state index contributed by atoms with van der Waals surface area (Å²) in [6, 6.07) is 14.2. The molecule has 98 valence electrons. The first-order valence-electron chi connectivity index (χ1n) is 6.48. The highest BCUT2D eigenvalue weighted by Gasteiger charge is 2.16. The third-order valence-corrected chi connectivity index (χ3v) is 3.45. The molecule has 0 saturated heterocycles. The molecule has 3 aromatic rings. The van der Waals surface area contributed by atoms with Gasteiger partial charge in [-0.1, -0.05) is 30.3 Å². The van der Waals surface area contributed by atoms with Gasteiger partial charge in [-0.15, -0.1) is 0 Å². The number of aromatic nitrogens is 2. The van der Waals surface area contributed by atoms with Crippen LogP contribution < -0.4 is 9.47 Å². The Morgan fingerprint density at radius 3 is 2.65 bits per heavy atom. The predicted octanol–water partition coefficient (Wildman–Crippen LogP) is 2.95. The molecule has 2 heterocycles. The summed E-state index contributed by atoms with van der Waals surface area (Å²) in [6.07, 6.45) is 2.51. The molecule has 0 bridgehead atoms. The Morgan fingerprint density at radius 2 is 1.80 bits per heavy atom. The molecule has 4 nitrogen and oxygen atoms in total. The maximum atomic E-state index is 5.44. The van der Waals surface area contributed by atoms with E-state index in [4.69, 9.17) is 9.47 Å². The molecule has 1 aliphatic heterocycles. The Bertz CT molecular complexity index is 772. The van der Waals surface area contributed by atoms with Gasteiger partial charge in [-0.25, -0.2) is 0 Å². The molecule has 0 unspecified atom stereocenters. The first-order valence-corrected chi connectivity index (χ1v) is 6.48. The molecule has 0 fully saturated rings. The lowest BCUT2D eigenvalue weighted by molar-refractivity contribution is 0.174. The van der Waals surface area contributed by atoms with Crippen LogP contribution >= 0.6 is 0 Å². The number of ether oxygens (including phenoxy) is 2. The van der Waals surface area contributed by atoms with Gasteiger partial charge in [0.2, 0.25) is 6.79 Å². The molecule has 4 rings (SSSR count). The summed E-state index contributed by atoms with van der Waals surface area (Å²) in [5, 5.41) is 10.5. The second-order valence-corrected chi connectivity index (χ2v) is 4.75. The van der Waals surface area contributed by atoms with Crippen molar-refractivity contribution in [2.45, 2.75) is 6.42 Å². The summed E-state index contributed by atoms with van der Waals surface area (Å²) in [5.74, 6) is 1.55. The van der Waals surface area contributed by atoms with Crippen LogP contribution in [0, 0.1) is 0 Å². The number of hydrogen-bond donors (Lipinski definition) is 0. The van der Waals surface area contributed by atoms with Gasteiger partial charge in [0.05, 0.1) is 11.9 Å². The van der Waals surface area contributed by atoms with Gasteiger partial charge >= 0.3 is 0 Å². The van der Waals surface area contributed by atoms with Crippen LogP contribution in [0.2, 0.25) is 0 Å². The molecule has 0 atom stereocenters. The van der Waals surface area contributed by atoms with Crippen LogP contribution in [0.3, 0.4) is 0 Å². The van der Waals surface area contributed by atoms with E-state index in [0.29, 0.717) is 0 Å². The quantitative estimate of drug-likeness (QED) is 0.713. The molecular formula is C16H12N2O2. The average molecular weight is 264 g/mol. The Morgan fingerprint density at radius 1 is 1.00 bits per heavy atom. The van der Waals surface area contributed by atoms with E-state index >= 15 is 0 Å². The van der Waals surface area contributed by atoms with Crippen molar-refractivity contribution < 1.29 is 9.47 Å². The first kappa shape index (κ1) is 11.2. The Balaban J connectivity index is 1.83. The maximum absolute atomic E-state index is 5.44. The van der Waals surface area contributed by atoms with Crippen LogP contribution in [-0.4, -0.2) is 17.0 Å². The second-order valence-electron chi connectivity index (χ2n) is 4.75. The third-order valence-electron chi connectivity index (χ3n) is 3.45. The summed E-state index contributed by atoms with van der Waals surface area (Å²) in [7, 11) is 0. The van der Waals surface area contributed by atoms with E-state index in [1.54, 1.807) is 6.20 Å². The molecule has 1 aliphatic rings. The zero-order valence-electron chi connectivity index (χ0n) is 10.7. The monoisotopic (exact) mass is 264 g/mol. The minimum absolute atomic E-state index is 0.278. The van der Waals surface area contributed by atoms with Crippen molar-refractivity contribution in [3.63, 3.8) is 0 Å². The van der Waals surface area contributed by atoms with Gasteiger partial charge in [0, 0.05) is 17.2 Å². The molecule has 1 aromatic heterocycles. The number of nitrogens with zero attached hydrogens (tertiary/aromatic N) is 2. The molecule has 0 radical (unpaired) electrons. The van der Waals surface area contributed by atoms with Crippen LogP contribution in [0.5, 0.6) is 11.5 Å². The minimum Gasteiger partial charge on any atom is -0.454 e. The van der Waals surface area contributed by atoms with Crippen LogP contribution in [0.4, 0.5) is 0 Å². The van der Waals surface area contributed by atoms with Crippen LogP contribution in [0.1, 0.15) is 11.3 Å². The lowest BCUT2D eigenvalue weighted by atomic mass is 10.0. The van der Waals surface area contributed by atoms with Crippen molar-refractivity contribution in [1.82, 2.24) is 10.2 Å². The standard InChI is InChI=1S/C16H12N2O2/c1-2-4-11(5-3-1)6-14-13-8-16-15(19-10-20-16)7-12(13)9-17-18-14/h1-5,7-9H,6,10H2. The van der Waals surface area contributed by atoms with E-state index in [1.807, 2.05) is 30.3 Å². The van der Waals surface area contributed by atoms with Crippen molar-refractivity contribution >= 4 is 10.8 Å². The molecule has 0 N–H and O–H groups in total. The molecule has 0 amide bonds. The molecular weight excluding hydrogens is 252 g/mol. The minimum atomic E-state index is 0.278. The highest BCUT2D eigenvalue weighted by molar-refractivity contribution is 5.87. The van der Waals surface area contributed by atoms with Crippen molar-refractivity contribution in [2.75, 3.05) is 6.79 Å². The highest BCUT2D eigenvalue weighted by Crippen LogP contribution is 2.36. The van der Waals surface area contributed by atoms with E-state index in [0.717, 1.165) is 34.4 Å². The average Bonchev–Trinajstić information content (AvgIpc) is 2.94. The van der Waals surface area contributed by atoms with Crippen molar-refractivity contribution in [1.29, 1.82) is 0 Å². The molecule has 0 spiro atoms. The third kappa shape index (κ3) is 1.86. The van der Waals surface area contributed by atoms with Crippen LogP contribution in [0.25, 0.3) is 10.8 Å². The summed E-state index contributed by atoms with van der Waals surface area (Å²) in [6.45, 7) is 0.278. The SMILES string of the molecule is c1ccc(Cc2nncc3cc4c(cc23)OCO4)cc1. The zero-order valence-corrected chi connectivity index (χ0v) is 10.7. The summed E-state index contributed by atoms with van der Waals surface area (Å²) >= 11 is 0. The summed E-state index contributed by atoms with van der Waals surface area (Å²) in [4.78, 5) is 0. The van der Waals surface area contributed by atoms with Crippen LogP contribution in [0.15, 0.2) is 48.7 Å². The second kappa shape index (κ2) is 4.49. The smallest absolute Gasteiger partial charge is 0.231 e. The van der Waals surface area contributed by atoms with E-state index in [1.165, 1.54) is 5.56 Å². The highest BCUT2D eigenvalue weighted by atomic mass is 16.7. The van der Waals surface area contributed by atoms with E-state index in [9.17, 15) is 0 Å². The van der Waals surface area contributed by atoms with Crippen LogP contribution in [-0.2, 0) is 6.42 Å². The molecule has 0 saturated carbocycles. The summed E-state index contributed by atoms with van der Waals surface area (Å²) < 4.78 is 10.8. The fourth-order valence-corrected chi connectivity index (χ4v) is 2.45. The van der Waals surface area contributed by atoms with Gasteiger partial charge < -0.3 is 9.47 Å². The lowest BCUT2D eigenvalue weighted by Crippen LogP contribution is -1.96. The van der Waals surface area contributed by atoms with Crippen molar-refractivity contribution in [3.8, 4) is 11.5 Å². The van der Waals surface area contributed by atoms with Crippen molar-refractivity contribution in [2.24, 2.45) is 0 Å². The van der Waals surface area contributed by atoms with Gasteiger partial charge in [-0.05, 0) is 17.7 Å². The van der Waals surface area contributed by atoms with Crippen molar-refractivity contribution in [3.05, 3.63) is 59.9 Å². The topological polar surface area (TPSA) is 44.2 Å². The number of rotatable bonds is 2. The Kier molecular flexibility index (Phi) is 2.52. The normalized spacial score (nSPS) is 12.8. The molecule has 20 heavy (non-hydrogen) atoms. The van der Waals surface area contributed by atoms with Gasteiger partial charge in [-0.2, -0.15) is 10.2 Å². The molecule has 0 aliphatic carbocycles. The zero-order chi connectivity index (χ0) is 13.4. The number of hydrogen-bond acceptors (Lipinski definition) is 4. The fraction of sp³-hybridized carbons (Fsp3) is 0.125. The maximum Gasteiger partial charge on any atom is 0.231 e. The Hall–Kier alpha value is -2.62. The van der Waals surface area contributed by atoms with Gasteiger partial charge in [0.15, 0.2) is 11.5 Å². The first-order chi connectivity index (χ1) is 9.90. The van der Waals surface area contributed by atoms with E-state index in [-0.39, 0.29) is 6.79 Å². The molecule has 2 aromatic carbocycles. The number of benzene rings is 2. The van der Waals surface area contributed by atoms with E-state index in [2.05, 4.69) is 22.3 Å². The number of fused-ring (bicyclic) bond motifs is 2. The lowest BCUT2D eigenvalue weighted by Gasteiger charge is -2.06. The Labute approximate surface area is 116 Å².